The minimum atomic E-state index is -0.408. The van der Waals surface area contributed by atoms with Crippen LogP contribution in [0.2, 0.25) is 0 Å². The Labute approximate surface area is 301 Å². The van der Waals surface area contributed by atoms with Gasteiger partial charge in [-0.1, -0.05) is 52.8 Å². The number of rotatable bonds is 3. The lowest BCUT2D eigenvalue weighted by atomic mass is 9.49. The van der Waals surface area contributed by atoms with Crippen molar-refractivity contribution in [3.8, 4) is 0 Å². The van der Waals surface area contributed by atoms with E-state index in [0.717, 1.165) is 93.4 Å². The highest BCUT2D eigenvalue weighted by atomic mass is 31.1. The lowest BCUT2D eigenvalue weighted by molar-refractivity contribution is -0.163. The Morgan fingerprint density at radius 3 is 1.41 bits per heavy atom. The molecule has 49 heavy (non-hydrogen) atoms. The summed E-state index contributed by atoms with van der Waals surface area (Å²) in [5, 5.41) is 23.0. The van der Waals surface area contributed by atoms with Crippen LogP contribution in [0.5, 0.6) is 0 Å². The minimum Gasteiger partial charge on any atom is -0.390 e. The van der Waals surface area contributed by atoms with Crippen LogP contribution in [0.4, 0.5) is 0 Å². The van der Waals surface area contributed by atoms with Crippen LogP contribution in [0.1, 0.15) is 143 Å². The number of benzene rings is 1. The average molecular weight is 691 g/mol. The van der Waals surface area contributed by atoms with Crippen LogP contribution in [-0.2, 0) is 4.74 Å². The first kappa shape index (κ1) is 35.6. The second-order valence-electron chi connectivity index (χ2n) is 20.3. The van der Waals surface area contributed by atoms with Crippen molar-refractivity contribution >= 4 is 13.9 Å². The summed E-state index contributed by atoms with van der Waals surface area (Å²) in [6.45, 7) is 11.7. The summed E-state index contributed by atoms with van der Waals surface area (Å²) in [6, 6.07) is 10.5. The van der Waals surface area contributed by atoms with E-state index in [4.69, 9.17) is 4.74 Å². The van der Waals surface area contributed by atoms with Gasteiger partial charge in [0, 0.05) is 0 Å². The molecule has 8 saturated carbocycles. The van der Waals surface area contributed by atoms with Gasteiger partial charge in [-0.25, -0.2) is 0 Å². The molecule has 0 bridgehead atoms. The van der Waals surface area contributed by atoms with Gasteiger partial charge in [0.25, 0.3) is 0 Å². The summed E-state index contributed by atoms with van der Waals surface area (Å²) >= 11 is 0. The molecule has 17 atom stereocenters. The van der Waals surface area contributed by atoms with E-state index < -0.39 is 11.2 Å². The van der Waals surface area contributed by atoms with Gasteiger partial charge in [-0.3, -0.25) is 0 Å². The van der Waals surface area contributed by atoms with Crippen molar-refractivity contribution in [3.63, 3.8) is 0 Å². The van der Waals surface area contributed by atoms with Gasteiger partial charge in [-0.05, 0) is 211 Å². The molecule has 9 rings (SSSR count). The van der Waals surface area contributed by atoms with Gasteiger partial charge in [0.1, 0.15) is 0 Å². The van der Waals surface area contributed by atoms with E-state index in [2.05, 4.69) is 58.6 Å². The zero-order valence-corrected chi connectivity index (χ0v) is 32.8. The Balaban J connectivity index is 0.000000385. The molecule has 3 nitrogen and oxygen atoms in total. The molecule has 0 aliphatic heterocycles. The fraction of sp³-hybridized carbons (Fsp3) is 0.867. The van der Waals surface area contributed by atoms with Crippen molar-refractivity contribution in [2.45, 2.75) is 167 Å². The largest absolute Gasteiger partial charge is 0.390 e. The molecule has 274 valence electrons. The first-order chi connectivity index (χ1) is 23.4. The lowest BCUT2D eigenvalue weighted by Gasteiger charge is -2.58. The van der Waals surface area contributed by atoms with Crippen LogP contribution in [0.3, 0.4) is 0 Å². The fourth-order valence-corrected chi connectivity index (χ4v) is 15.8. The van der Waals surface area contributed by atoms with Crippen LogP contribution in [0.15, 0.2) is 30.3 Å². The third-order valence-electron chi connectivity index (χ3n) is 17.7. The maximum atomic E-state index is 10.8. The third-order valence-corrected chi connectivity index (χ3v) is 18.6. The van der Waals surface area contributed by atoms with Gasteiger partial charge < -0.3 is 14.9 Å². The van der Waals surface area contributed by atoms with Crippen LogP contribution in [0, 0.1) is 70.0 Å². The highest BCUT2D eigenvalue weighted by molar-refractivity contribution is 7.46. The summed E-state index contributed by atoms with van der Waals surface area (Å²) in [5.74, 6) is 8.74. The molecular weight excluding hydrogens is 619 g/mol. The number of hydrogen-bond acceptors (Lipinski definition) is 3. The Morgan fingerprint density at radius 1 is 0.531 bits per heavy atom. The molecule has 1 unspecified atom stereocenters. The predicted octanol–water partition coefficient (Wildman–Crippen LogP) is 10.2. The molecule has 0 spiro atoms. The van der Waals surface area contributed by atoms with Crippen molar-refractivity contribution < 1.29 is 14.9 Å². The number of ether oxygens (including phenoxy) is 1. The van der Waals surface area contributed by atoms with Crippen molar-refractivity contribution in [2.24, 2.45) is 70.0 Å². The predicted molar refractivity (Wildman–Crippen MR) is 204 cm³/mol. The van der Waals surface area contributed by atoms with Crippen molar-refractivity contribution in [1.29, 1.82) is 0 Å². The smallest absolute Gasteiger partial charge is 0.0635 e. The molecule has 1 aromatic carbocycles. The number of aliphatic hydroxyl groups is 2. The Morgan fingerprint density at radius 2 is 0.980 bits per heavy atom. The van der Waals surface area contributed by atoms with Crippen LogP contribution in [0.25, 0.3) is 0 Å². The monoisotopic (exact) mass is 691 g/mol. The number of hydrogen-bond donors (Lipinski definition) is 2. The summed E-state index contributed by atoms with van der Waals surface area (Å²) in [6.07, 6.45) is 24.3. The zero-order valence-electron chi connectivity index (χ0n) is 31.8. The zero-order chi connectivity index (χ0) is 34.2. The van der Waals surface area contributed by atoms with Crippen molar-refractivity contribution in [2.75, 3.05) is 6.66 Å². The molecule has 0 aromatic heterocycles. The minimum absolute atomic E-state index is 0.386. The van der Waals surface area contributed by atoms with E-state index in [9.17, 15) is 10.2 Å². The molecule has 0 amide bonds. The average Bonchev–Trinajstić information content (AvgIpc) is 3.60. The second kappa shape index (κ2) is 13.4. The summed E-state index contributed by atoms with van der Waals surface area (Å²) < 4.78 is 7.48. The Hall–Kier alpha value is -0.470. The maximum Gasteiger partial charge on any atom is 0.0635 e. The maximum absolute atomic E-state index is 10.8. The molecule has 0 saturated heterocycles. The molecule has 2 N–H and O–H groups in total. The third kappa shape index (κ3) is 6.46. The molecule has 0 radical (unpaired) electrons. The topological polar surface area (TPSA) is 49.7 Å². The van der Waals surface area contributed by atoms with Gasteiger partial charge in [0.05, 0.1) is 23.4 Å². The van der Waals surface area contributed by atoms with E-state index in [-0.39, 0.29) is 0 Å². The quantitative estimate of drug-likeness (QED) is 0.311. The molecule has 8 aliphatic rings. The standard InChI is InChI=1S/C38H62O3.C7H9P/c1-35(39)17-13-25-23(21-35)5-7-29-27(25)15-19-37(3)31(29)9-11-33(37)41-34-12-10-32-30-8-6-24-22-36(2,40)18-14-26(24)28(30)16-20-38(32,34)4;1-8-7-5-3-2-4-6-7/h23-34,39-40H,5-22H2,1-4H3;2-6,8H,1H3/t23-,24-,25+,26+,27-,28-,29-,30-,31+,32+,33+,34+,35-,36-,37+,38+;/m1./s1. The van der Waals surface area contributed by atoms with Gasteiger partial charge >= 0.3 is 0 Å². The fourth-order valence-electron chi connectivity index (χ4n) is 15.3. The van der Waals surface area contributed by atoms with E-state index in [1.807, 2.05) is 6.07 Å². The lowest BCUT2D eigenvalue weighted by Crippen LogP contribution is -2.53. The molecule has 1 aromatic rings. The van der Waals surface area contributed by atoms with E-state index in [1.165, 1.54) is 95.2 Å². The molecule has 8 aliphatic carbocycles. The van der Waals surface area contributed by atoms with Gasteiger partial charge in [-0.2, -0.15) is 0 Å². The molecule has 8 fully saturated rings. The van der Waals surface area contributed by atoms with Crippen LogP contribution in [-0.4, -0.2) is 40.3 Å². The first-order valence-electron chi connectivity index (χ1n) is 21.2. The second-order valence-corrected chi connectivity index (χ2v) is 21.4. The SMILES string of the molecule is CPc1ccccc1.C[C@@]1(O)CC[C@H]2[C@H](CC[C@@H]3[C@@H]2CC[C@]2(C)[C@@H](O[C@H]4CC[C@H]5[C@@H]6CC[C@@H]7C[C@](C)(O)CC[C@@H]7[C@H]6CC[C@]45C)CC[C@@H]32)C1. The van der Waals surface area contributed by atoms with Crippen molar-refractivity contribution in [1.82, 2.24) is 0 Å². The normalized spacial score (nSPS) is 53.3. The summed E-state index contributed by atoms with van der Waals surface area (Å²) in [5.41, 5.74) is -0.0449. The Kier molecular flexibility index (Phi) is 9.75. The van der Waals surface area contributed by atoms with E-state index in [0.29, 0.717) is 23.0 Å². The Bertz CT molecular complexity index is 1220. The molecule has 4 heteroatoms. The molecular formula is C45H71O3P. The van der Waals surface area contributed by atoms with Gasteiger partial charge in [0.15, 0.2) is 0 Å². The number of fused-ring (bicyclic) bond motifs is 10. The highest BCUT2D eigenvalue weighted by Crippen LogP contribution is 2.67. The van der Waals surface area contributed by atoms with E-state index in [1.54, 1.807) is 0 Å². The molecule has 0 heterocycles. The van der Waals surface area contributed by atoms with Crippen LogP contribution < -0.4 is 5.30 Å². The van der Waals surface area contributed by atoms with Gasteiger partial charge in [-0.15, -0.1) is 0 Å². The highest BCUT2D eigenvalue weighted by Gasteiger charge is 2.62. The first-order valence-corrected chi connectivity index (χ1v) is 22.7. The van der Waals surface area contributed by atoms with Crippen LogP contribution >= 0.6 is 8.58 Å². The summed E-state index contributed by atoms with van der Waals surface area (Å²) in [4.78, 5) is 0. The summed E-state index contributed by atoms with van der Waals surface area (Å²) in [7, 11) is 0.930. The van der Waals surface area contributed by atoms with E-state index >= 15 is 0 Å². The van der Waals surface area contributed by atoms with Gasteiger partial charge in [0.2, 0.25) is 0 Å². The van der Waals surface area contributed by atoms with Crippen molar-refractivity contribution in [3.05, 3.63) is 30.3 Å².